The summed E-state index contributed by atoms with van der Waals surface area (Å²) in [5, 5.41) is 32.6. The Bertz CT molecular complexity index is 976. The number of aromatic nitrogens is 4. The number of aliphatic hydroxyl groups excluding tert-OH is 1. The number of nitriles is 1. The van der Waals surface area contributed by atoms with Crippen LogP contribution in [0.3, 0.4) is 0 Å². The van der Waals surface area contributed by atoms with Gasteiger partial charge < -0.3 is 20.5 Å². The molecule has 2 aromatic rings. The van der Waals surface area contributed by atoms with Crippen LogP contribution in [0.1, 0.15) is 54.7 Å². The summed E-state index contributed by atoms with van der Waals surface area (Å²) in [6, 6.07) is 3.55. The maximum atomic E-state index is 12.3. The van der Waals surface area contributed by atoms with Crippen molar-refractivity contribution < 1.29 is 14.6 Å². The Balaban J connectivity index is 1.57. The third kappa shape index (κ3) is 4.72. The van der Waals surface area contributed by atoms with Crippen molar-refractivity contribution in [3.8, 4) is 11.8 Å². The average Bonchev–Trinajstić information content (AvgIpc) is 2.79. The molecule has 0 aliphatic heterocycles. The van der Waals surface area contributed by atoms with Crippen molar-refractivity contribution in [3.05, 3.63) is 29.8 Å². The lowest BCUT2D eigenvalue weighted by atomic mass is 9.68. The summed E-state index contributed by atoms with van der Waals surface area (Å²) in [5.74, 6) is 1.52. The zero-order chi connectivity index (χ0) is 21.8. The third-order valence-electron chi connectivity index (χ3n) is 6.06. The van der Waals surface area contributed by atoms with E-state index in [-0.39, 0.29) is 29.5 Å². The molecule has 2 aromatic heterocycles. The highest BCUT2D eigenvalue weighted by Crippen LogP contribution is 2.42. The predicted molar refractivity (Wildman–Crippen MR) is 111 cm³/mol. The second kappa shape index (κ2) is 9.22. The molecule has 4 unspecified atom stereocenters. The fourth-order valence-corrected chi connectivity index (χ4v) is 4.57. The summed E-state index contributed by atoms with van der Waals surface area (Å²) < 4.78 is 6.36. The minimum absolute atomic E-state index is 0.0404. The van der Waals surface area contributed by atoms with E-state index in [9.17, 15) is 9.90 Å². The van der Waals surface area contributed by atoms with Crippen LogP contribution >= 0.6 is 0 Å². The standard InChI is InChI=1S/C21H25N7O3/c1-23-21(30)20-17(31-16-4-2-3-12-7-14(29)5-6-15(12)16)8-18(27-28-20)26-19-11-24-13(9-22)10-25-19/h8,10-12,14-16,29H,2-7H2,1H3,(H,23,30)(H,25,26,27). The molecule has 2 saturated carbocycles. The first-order valence-electron chi connectivity index (χ1n) is 10.5. The number of rotatable bonds is 5. The van der Waals surface area contributed by atoms with Crippen LogP contribution in [-0.2, 0) is 0 Å². The van der Waals surface area contributed by atoms with E-state index in [0.29, 0.717) is 29.2 Å². The van der Waals surface area contributed by atoms with E-state index in [4.69, 9.17) is 10.00 Å². The minimum atomic E-state index is -0.376. The number of carbonyl (C=O) groups excluding carboxylic acids is 1. The molecule has 0 radical (unpaired) electrons. The molecule has 4 atom stereocenters. The molecule has 0 bridgehead atoms. The summed E-state index contributed by atoms with van der Waals surface area (Å²) in [4.78, 5) is 20.4. The fraction of sp³-hybridized carbons (Fsp3) is 0.524. The molecule has 10 heteroatoms. The van der Waals surface area contributed by atoms with Gasteiger partial charge in [0.15, 0.2) is 23.0 Å². The first-order chi connectivity index (χ1) is 15.1. The van der Waals surface area contributed by atoms with Crippen LogP contribution in [0.2, 0.25) is 0 Å². The van der Waals surface area contributed by atoms with Crippen LogP contribution in [0.5, 0.6) is 5.75 Å². The van der Waals surface area contributed by atoms with Gasteiger partial charge in [0.1, 0.15) is 18.0 Å². The normalized spacial score (nSPS) is 25.1. The molecule has 4 rings (SSSR count). The van der Waals surface area contributed by atoms with E-state index < -0.39 is 0 Å². The Morgan fingerprint density at radius 3 is 2.81 bits per heavy atom. The van der Waals surface area contributed by atoms with Crippen molar-refractivity contribution in [2.75, 3.05) is 12.4 Å². The van der Waals surface area contributed by atoms with Gasteiger partial charge in [-0.25, -0.2) is 9.97 Å². The van der Waals surface area contributed by atoms with Crippen LogP contribution in [0.4, 0.5) is 11.6 Å². The van der Waals surface area contributed by atoms with Gasteiger partial charge in [0.2, 0.25) is 0 Å². The van der Waals surface area contributed by atoms with Gasteiger partial charge in [-0.2, -0.15) is 5.26 Å². The van der Waals surface area contributed by atoms with Crippen molar-refractivity contribution in [2.24, 2.45) is 11.8 Å². The topological polar surface area (TPSA) is 146 Å². The number of nitrogens with one attached hydrogen (secondary N) is 2. The van der Waals surface area contributed by atoms with Gasteiger partial charge in [0, 0.05) is 13.1 Å². The first kappa shape index (κ1) is 20.9. The molecule has 2 aliphatic carbocycles. The van der Waals surface area contributed by atoms with E-state index in [0.717, 1.165) is 38.5 Å². The molecule has 31 heavy (non-hydrogen) atoms. The molecule has 0 spiro atoms. The molecule has 2 aliphatic rings. The maximum Gasteiger partial charge on any atom is 0.275 e. The number of hydrogen-bond donors (Lipinski definition) is 3. The molecule has 162 valence electrons. The van der Waals surface area contributed by atoms with E-state index in [2.05, 4.69) is 30.8 Å². The van der Waals surface area contributed by atoms with Gasteiger partial charge in [-0.1, -0.05) is 0 Å². The number of amides is 1. The fourth-order valence-electron chi connectivity index (χ4n) is 4.57. The lowest BCUT2D eigenvalue weighted by Gasteiger charge is -2.42. The van der Waals surface area contributed by atoms with Crippen LogP contribution in [-0.4, -0.2) is 50.4 Å². The van der Waals surface area contributed by atoms with Crippen LogP contribution in [0.15, 0.2) is 18.5 Å². The van der Waals surface area contributed by atoms with Gasteiger partial charge in [-0.3, -0.25) is 4.79 Å². The molecule has 2 fully saturated rings. The Kier molecular flexibility index (Phi) is 6.23. The zero-order valence-electron chi connectivity index (χ0n) is 17.3. The number of anilines is 2. The SMILES string of the molecule is CNC(=O)c1nnc(Nc2cnc(C#N)cn2)cc1OC1CCCC2CC(O)CCC21. The number of fused-ring (bicyclic) bond motifs is 1. The van der Waals surface area contributed by atoms with Crippen molar-refractivity contribution in [2.45, 2.75) is 50.7 Å². The van der Waals surface area contributed by atoms with Crippen LogP contribution < -0.4 is 15.4 Å². The zero-order valence-corrected chi connectivity index (χ0v) is 17.3. The Labute approximate surface area is 180 Å². The summed E-state index contributed by atoms with van der Waals surface area (Å²) in [7, 11) is 1.53. The predicted octanol–water partition coefficient (Wildman–Crippen LogP) is 1.95. The number of aliphatic hydroxyl groups is 1. The van der Waals surface area contributed by atoms with Crippen molar-refractivity contribution in [3.63, 3.8) is 0 Å². The highest BCUT2D eigenvalue weighted by Gasteiger charge is 2.39. The third-order valence-corrected chi connectivity index (χ3v) is 6.06. The van der Waals surface area contributed by atoms with Gasteiger partial charge >= 0.3 is 0 Å². The van der Waals surface area contributed by atoms with Gasteiger partial charge in [-0.05, 0) is 50.4 Å². The highest BCUT2D eigenvalue weighted by molar-refractivity contribution is 5.94. The van der Waals surface area contributed by atoms with E-state index >= 15 is 0 Å². The van der Waals surface area contributed by atoms with Crippen molar-refractivity contribution in [1.82, 2.24) is 25.5 Å². The molecule has 3 N–H and O–H groups in total. The monoisotopic (exact) mass is 423 g/mol. The Morgan fingerprint density at radius 2 is 2.06 bits per heavy atom. The van der Waals surface area contributed by atoms with Crippen molar-refractivity contribution >= 4 is 17.5 Å². The lowest BCUT2D eigenvalue weighted by molar-refractivity contribution is -0.0148. The number of carbonyl (C=O) groups is 1. The Hall–Kier alpha value is -3.32. The van der Waals surface area contributed by atoms with Gasteiger partial charge in [0.05, 0.1) is 18.5 Å². The first-order valence-corrected chi connectivity index (χ1v) is 10.5. The summed E-state index contributed by atoms with van der Waals surface area (Å²) >= 11 is 0. The van der Waals surface area contributed by atoms with Crippen LogP contribution in [0, 0.1) is 23.2 Å². The Morgan fingerprint density at radius 1 is 1.19 bits per heavy atom. The lowest BCUT2D eigenvalue weighted by Crippen LogP contribution is -2.41. The number of ether oxygens (including phenoxy) is 1. The molecule has 0 aromatic carbocycles. The summed E-state index contributed by atoms with van der Waals surface area (Å²) in [5.41, 5.74) is 0.331. The quantitative estimate of drug-likeness (QED) is 0.656. The maximum absolute atomic E-state index is 12.3. The second-order valence-corrected chi connectivity index (χ2v) is 8.02. The molecular formula is C21H25N7O3. The summed E-state index contributed by atoms with van der Waals surface area (Å²) in [6.45, 7) is 0. The number of nitrogens with zero attached hydrogens (tertiary/aromatic N) is 5. The molecular weight excluding hydrogens is 398 g/mol. The highest BCUT2D eigenvalue weighted by atomic mass is 16.5. The summed E-state index contributed by atoms with van der Waals surface area (Å²) in [6.07, 6.45) is 8.04. The molecule has 2 heterocycles. The molecule has 10 nitrogen and oxygen atoms in total. The number of hydrogen-bond acceptors (Lipinski definition) is 9. The molecule has 1 amide bonds. The largest absolute Gasteiger partial charge is 0.487 e. The molecule has 0 saturated heterocycles. The van der Waals surface area contributed by atoms with E-state index in [1.54, 1.807) is 6.07 Å². The van der Waals surface area contributed by atoms with E-state index in [1.165, 1.54) is 19.4 Å². The minimum Gasteiger partial charge on any atom is -0.487 e. The van der Waals surface area contributed by atoms with Crippen molar-refractivity contribution in [1.29, 1.82) is 5.26 Å². The van der Waals surface area contributed by atoms with Gasteiger partial charge in [-0.15, -0.1) is 10.2 Å². The van der Waals surface area contributed by atoms with Gasteiger partial charge in [0.25, 0.3) is 5.91 Å². The average molecular weight is 423 g/mol. The smallest absolute Gasteiger partial charge is 0.275 e. The van der Waals surface area contributed by atoms with E-state index in [1.807, 2.05) is 6.07 Å². The second-order valence-electron chi connectivity index (χ2n) is 8.02. The van der Waals surface area contributed by atoms with Crippen LogP contribution in [0.25, 0.3) is 0 Å².